The summed E-state index contributed by atoms with van der Waals surface area (Å²) < 4.78 is 10.4. The van der Waals surface area contributed by atoms with E-state index in [4.69, 9.17) is 15.2 Å². The highest BCUT2D eigenvalue weighted by Crippen LogP contribution is 2.30. The summed E-state index contributed by atoms with van der Waals surface area (Å²) in [6.45, 7) is 1.83. The van der Waals surface area contributed by atoms with Crippen LogP contribution >= 0.6 is 0 Å². The van der Waals surface area contributed by atoms with E-state index < -0.39 is 6.04 Å². The molecule has 96 valence electrons. The van der Waals surface area contributed by atoms with Crippen LogP contribution in [0.25, 0.3) is 0 Å². The van der Waals surface area contributed by atoms with Crippen LogP contribution in [0, 0.1) is 6.92 Å². The third-order valence-electron chi connectivity index (χ3n) is 2.66. The molecular weight excluding hydrogens is 232 g/mol. The molecular formula is C12H16N4O2. The normalized spacial score (nSPS) is 12.2. The van der Waals surface area contributed by atoms with E-state index >= 15 is 0 Å². The molecule has 0 spiro atoms. The SMILES string of the molecule is COc1ccc(C(N)c2n[nH]c(C)n2)cc1OC. The van der Waals surface area contributed by atoms with Crippen LogP contribution in [-0.4, -0.2) is 29.4 Å². The topological polar surface area (TPSA) is 86.0 Å². The number of aromatic nitrogens is 3. The molecule has 6 nitrogen and oxygen atoms in total. The van der Waals surface area contributed by atoms with Crippen LogP contribution in [0.4, 0.5) is 0 Å². The number of aryl methyl sites for hydroxylation is 1. The van der Waals surface area contributed by atoms with Gasteiger partial charge >= 0.3 is 0 Å². The van der Waals surface area contributed by atoms with E-state index in [-0.39, 0.29) is 0 Å². The highest BCUT2D eigenvalue weighted by molar-refractivity contribution is 5.44. The predicted molar refractivity (Wildman–Crippen MR) is 66.7 cm³/mol. The van der Waals surface area contributed by atoms with Crippen LogP contribution in [0.2, 0.25) is 0 Å². The molecule has 0 amide bonds. The summed E-state index contributed by atoms with van der Waals surface area (Å²) in [5.41, 5.74) is 6.97. The van der Waals surface area contributed by atoms with Crippen molar-refractivity contribution in [3.8, 4) is 11.5 Å². The van der Waals surface area contributed by atoms with Crippen LogP contribution in [0.5, 0.6) is 11.5 Å². The highest BCUT2D eigenvalue weighted by atomic mass is 16.5. The van der Waals surface area contributed by atoms with Crippen LogP contribution in [0.3, 0.4) is 0 Å². The smallest absolute Gasteiger partial charge is 0.171 e. The first-order valence-corrected chi connectivity index (χ1v) is 5.52. The van der Waals surface area contributed by atoms with Gasteiger partial charge in [0.2, 0.25) is 0 Å². The number of ether oxygens (including phenoxy) is 2. The Morgan fingerprint density at radius 3 is 2.50 bits per heavy atom. The van der Waals surface area contributed by atoms with Crippen molar-refractivity contribution in [2.75, 3.05) is 14.2 Å². The fraction of sp³-hybridized carbons (Fsp3) is 0.333. The number of rotatable bonds is 4. The van der Waals surface area contributed by atoms with E-state index in [1.54, 1.807) is 14.2 Å². The molecule has 18 heavy (non-hydrogen) atoms. The molecule has 0 aliphatic rings. The third kappa shape index (κ3) is 2.28. The zero-order valence-corrected chi connectivity index (χ0v) is 10.6. The Balaban J connectivity index is 2.33. The zero-order chi connectivity index (χ0) is 13.1. The number of hydrogen-bond donors (Lipinski definition) is 2. The van der Waals surface area contributed by atoms with Gasteiger partial charge in [-0.05, 0) is 24.6 Å². The Morgan fingerprint density at radius 2 is 1.94 bits per heavy atom. The summed E-state index contributed by atoms with van der Waals surface area (Å²) in [5, 5.41) is 6.83. The molecule has 0 radical (unpaired) electrons. The largest absolute Gasteiger partial charge is 0.493 e. The summed E-state index contributed by atoms with van der Waals surface area (Å²) in [5.74, 6) is 2.60. The van der Waals surface area contributed by atoms with Gasteiger partial charge in [0.1, 0.15) is 5.82 Å². The Hall–Kier alpha value is -2.08. The van der Waals surface area contributed by atoms with E-state index in [1.165, 1.54) is 0 Å². The number of nitrogens with two attached hydrogens (primary N) is 1. The molecule has 0 fully saturated rings. The van der Waals surface area contributed by atoms with Gasteiger partial charge in [0, 0.05) is 0 Å². The van der Waals surface area contributed by atoms with E-state index in [0.717, 1.165) is 11.4 Å². The Morgan fingerprint density at radius 1 is 1.22 bits per heavy atom. The van der Waals surface area contributed by atoms with E-state index in [1.807, 2.05) is 25.1 Å². The minimum Gasteiger partial charge on any atom is -0.493 e. The second kappa shape index (κ2) is 5.05. The van der Waals surface area contributed by atoms with E-state index in [2.05, 4.69) is 15.2 Å². The lowest BCUT2D eigenvalue weighted by Gasteiger charge is -2.12. The molecule has 6 heteroatoms. The Labute approximate surface area is 105 Å². The summed E-state index contributed by atoms with van der Waals surface area (Å²) in [4.78, 5) is 4.22. The Bertz CT molecular complexity index is 539. The molecule has 0 bridgehead atoms. The third-order valence-corrected chi connectivity index (χ3v) is 2.66. The Kier molecular flexibility index (Phi) is 3.47. The number of benzene rings is 1. The first-order chi connectivity index (χ1) is 8.65. The van der Waals surface area contributed by atoms with Gasteiger partial charge in [0.15, 0.2) is 17.3 Å². The van der Waals surface area contributed by atoms with Gasteiger partial charge in [-0.25, -0.2) is 4.98 Å². The van der Waals surface area contributed by atoms with Gasteiger partial charge in [0.05, 0.1) is 20.3 Å². The molecule has 0 saturated carbocycles. The number of methoxy groups -OCH3 is 2. The molecule has 1 heterocycles. The standard InChI is InChI=1S/C12H16N4O2/c1-7-14-12(16-15-7)11(13)8-4-5-9(17-2)10(6-8)18-3/h4-6,11H,13H2,1-3H3,(H,14,15,16). The van der Waals surface area contributed by atoms with Crippen molar-refractivity contribution in [2.45, 2.75) is 13.0 Å². The molecule has 3 N–H and O–H groups in total. The van der Waals surface area contributed by atoms with Gasteiger partial charge in [-0.2, -0.15) is 5.10 Å². The van der Waals surface area contributed by atoms with Crippen molar-refractivity contribution in [3.05, 3.63) is 35.4 Å². The maximum absolute atomic E-state index is 6.10. The molecule has 1 unspecified atom stereocenters. The minimum atomic E-state index is -0.394. The van der Waals surface area contributed by atoms with Crippen molar-refractivity contribution < 1.29 is 9.47 Å². The van der Waals surface area contributed by atoms with Crippen LogP contribution in [0.15, 0.2) is 18.2 Å². The predicted octanol–water partition coefficient (Wildman–Crippen LogP) is 1.18. The fourth-order valence-corrected chi connectivity index (χ4v) is 1.69. The second-order valence-electron chi connectivity index (χ2n) is 3.87. The molecule has 1 aromatic heterocycles. The fourth-order valence-electron chi connectivity index (χ4n) is 1.69. The van der Waals surface area contributed by atoms with Gasteiger partial charge in [-0.3, -0.25) is 5.10 Å². The average molecular weight is 248 g/mol. The van der Waals surface area contributed by atoms with Crippen molar-refractivity contribution in [1.29, 1.82) is 0 Å². The summed E-state index contributed by atoms with van der Waals surface area (Å²) >= 11 is 0. The molecule has 0 aliphatic heterocycles. The van der Waals surface area contributed by atoms with Gasteiger partial charge < -0.3 is 15.2 Å². The van der Waals surface area contributed by atoms with E-state index in [9.17, 15) is 0 Å². The molecule has 2 rings (SSSR count). The monoisotopic (exact) mass is 248 g/mol. The van der Waals surface area contributed by atoms with Crippen molar-refractivity contribution >= 4 is 0 Å². The maximum atomic E-state index is 6.10. The molecule has 1 aromatic carbocycles. The van der Waals surface area contributed by atoms with Crippen molar-refractivity contribution in [1.82, 2.24) is 15.2 Å². The quantitative estimate of drug-likeness (QED) is 0.848. The highest BCUT2D eigenvalue weighted by Gasteiger charge is 2.15. The molecule has 2 aromatic rings. The van der Waals surface area contributed by atoms with Gasteiger partial charge in [0.25, 0.3) is 0 Å². The number of nitrogens with zero attached hydrogens (tertiary/aromatic N) is 2. The number of aromatic amines is 1. The number of hydrogen-bond acceptors (Lipinski definition) is 5. The lowest BCUT2D eigenvalue weighted by molar-refractivity contribution is 0.354. The molecule has 1 atom stereocenters. The lowest BCUT2D eigenvalue weighted by Crippen LogP contribution is -2.14. The van der Waals surface area contributed by atoms with Crippen LogP contribution in [-0.2, 0) is 0 Å². The van der Waals surface area contributed by atoms with E-state index in [0.29, 0.717) is 17.3 Å². The lowest BCUT2D eigenvalue weighted by atomic mass is 10.1. The summed E-state index contributed by atoms with van der Waals surface area (Å²) in [6.07, 6.45) is 0. The second-order valence-corrected chi connectivity index (χ2v) is 3.87. The zero-order valence-electron chi connectivity index (χ0n) is 10.6. The van der Waals surface area contributed by atoms with Gasteiger partial charge in [-0.15, -0.1) is 0 Å². The molecule has 0 saturated heterocycles. The van der Waals surface area contributed by atoms with Crippen LogP contribution < -0.4 is 15.2 Å². The summed E-state index contributed by atoms with van der Waals surface area (Å²) in [6, 6.07) is 5.12. The van der Waals surface area contributed by atoms with Crippen molar-refractivity contribution in [2.24, 2.45) is 5.73 Å². The van der Waals surface area contributed by atoms with Gasteiger partial charge in [-0.1, -0.05) is 6.07 Å². The number of nitrogens with one attached hydrogen (secondary N) is 1. The maximum Gasteiger partial charge on any atom is 0.171 e. The molecule has 0 aliphatic carbocycles. The first kappa shape index (κ1) is 12.4. The number of H-pyrrole nitrogens is 1. The first-order valence-electron chi connectivity index (χ1n) is 5.52. The van der Waals surface area contributed by atoms with Crippen molar-refractivity contribution in [3.63, 3.8) is 0 Å². The summed E-state index contributed by atoms with van der Waals surface area (Å²) in [7, 11) is 3.18. The minimum absolute atomic E-state index is 0.394. The van der Waals surface area contributed by atoms with Crippen LogP contribution in [0.1, 0.15) is 23.3 Å². The average Bonchev–Trinajstić information content (AvgIpc) is 2.83.